The molecule has 2 rings (SSSR count). The van der Waals surface area contributed by atoms with Crippen LogP contribution < -0.4 is 21.3 Å². The van der Waals surface area contributed by atoms with Crippen LogP contribution in [0.2, 0.25) is 0 Å². The number of carboxylic acids is 2. The Kier molecular flexibility index (Phi) is 14.4. The third-order valence-electron chi connectivity index (χ3n) is 3.73. The number of nitriles is 2. The number of carbonyl (C=O) groups is 2. The first kappa shape index (κ1) is 25.7. The molecule has 28 heavy (non-hydrogen) atoms. The summed E-state index contributed by atoms with van der Waals surface area (Å²) in [7, 11) is 0. The van der Waals surface area contributed by atoms with Gasteiger partial charge < -0.3 is 41.7 Å². The van der Waals surface area contributed by atoms with Gasteiger partial charge in [0.25, 0.3) is 0 Å². The molecule has 0 aromatic heterocycles. The lowest BCUT2D eigenvalue weighted by Gasteiger charge is -2.21. The van der Waals surface area contributed by atoms with Crippen LogP contribution in [-0.2, 0) is 9.59 Å². The molecule has 158 valence electrons. The molecule has 0 aromatic rings. The van der Waals surface area contributed by atoms with Crippen molar-refractivity contribution in [2.75, 3.05) is 39.3 Å². The average molecular weight is 400 g/mol. The van der Waals surface area contributed by atoms with E-state index in [0.29, 0.717) is 24.9 Å². The van der Waals surface area contributed by atoms with Crippen molar-refractivity contribution in [3.8, 4) is 12.1 Å². The Morgan fingerprint density at radius 1 is 0.821 bits per heavy atom. The van der Waals surface area contributed by atoms with Crippen molar-refractivity contribution < 1.29 is 30.0 Å². The number of hydrogen-bond acceptors (Lipinski definition) is 10. The van der Waals surface area contributed by atoms with E-state index in [1.54, 1.807) is 0 Å². The predicted octanol–water partition coefficient (Wildman–Crippen LogP) is -3.20. The van der Waals surface area contributed by atoms with Crippen LogP contribution in [0.15, 0.2) is 0 Å². The first-order valence-electron chi connectivity index (χ1n) is 8.77. The summed E-state index contributed by atoms with van der Waals surface area (Å²) in [5.74, 6) is -3.54. The Hall–Kier alpha value is -2.32. The topological polar surface area (TPSA) is 211 Å². The molecule has 0 radical (unpaired) electrons. The molecular formula is C16H28N6O6. The van der Waals surface area contributed by atoms with Crippen LogP contribution in [0.25, 0.3) is 0 Å². The van der Waals surface area contributed by atoms with Crippen LogP contribution >= 0.6 is 0 Å². The average Bonchev–Trinajstić information content (AvgIpc) is 2.70. The van der Waals surface area contributed by atoms with E-state index in [0.717, 1.165) is 39.3 Å². The highest BCUT2D eigenvalue weighted by Gasteiger charge is 2.29. The van der Waals surface area contributed by atoms with Gasteiger partial charge in [0.1, 0.15) is 0 Å². The highest BCUT2D eigenvalue weighted by molar-refractivity contribution is 5.83. The zero-order valence-electron chi connectivity index (χ0n) is 15.5. The highest BCUT2D eigenvalue weighted by Crippen LogP contribution is 1.93. The van der Waals surface area contributed by atoms with E-state index in [9.17, 15) is 9.59 Å². The summed E-state index contributed by atoms with van der Waals surface area (Å²) >= 11 is 0. The Balaban J connectivity index is 0.000000391. The minimum atomic E-state index is -2.27. The second-order valence-corrected chi connectivity index (χ2v) is 6.00. The molecule has 2 fully saturated rings. The Morgan fingerprint density at radius 2 is 1.18 bits per heavy atom. The van der Waals surface area contributed by atoms with Gasteiger partial charge in [-0.3, -0.25) is 0 Å². The monoisotopic (exact) mass is 400 g/mol. The molecule has 0 aromatic carbocycles. The van der Waals surface area contributed by atoms with Crippen LogP contribution in [0.5, 0.6) is 0 Å². The molecule has 12 nitrogen and oxygen atoms in total. The van der Waals surface area contributed by atoms with Gasteiger partial charge in [-0.1, -0.05) is 0 Å². The standard InChI is InChI=1S/2C6H11N3.C4H6O6/c2*7-2-1-6-5-8-3-4-9-6;5-1(3(7)8)2(6)4(9)10/h2*6,8-9H,1,3-5H2;1-2,5-6H,(H,7,8)(H,9,10)/t2*6-;/m00./s1. The molecule has 2 aliphatic rings. The first-order chi connectivity index (χ1) is 13.3. The van der Waals surface area contributed by atoms with Gasteiger partial charge in [-0.05, 0) is 0 Å². The molecular weight excluding hydrogens is 372 g/mol. The van der Waals surface area contributed by atoms with Crippen molar-refractivity contribution in [2.24, 2.45) is 0 Å². The molecule has 2 heterocycles. The number of rotatable bonds is 5. The second kappa shape index (κ2) is 15.7. The maximum absolute atomic E-state index is 9.77. The largest absolute Gasteiger partial charge is 0.479 e. The normalized spacial score (nSPS) is 23.1. The van der Waals surface area contributed by atoms with Crippen LogP contribution in [0.1, 0.15) is 12.8 Å². The zero-order valence-corrected chi connectivity index (χ0v) is 15.5. The van der Waals surface area contributed by atoms with E-state index in [1.165, 1.54) is 0 Å². The number of hydrogen-bond donors (Lipinski definition) is 8. The Morgan fingerprint density at radius 3 is 1.39 bits per heavy atom. The highest BCUT2D eigenvalue weighted by atomic mass is 16.4. The minimum Gasteiger partial charge on any atom is -0.479 e. The molecule has 8 N–H and O–H groups in total. The van der Waals surface area contributed by atoms with Gasteiger partial charge >= 0.3 is 11.9 Å². The molecule has 0 bridgehead atoms. The van der Waals surface area contributed by atoms with E-state index in [-0.39, 0.29) is 0 Å². The first-order valence-corrected chi connectivity index (χ1v) is 8.77. The number of aliphatic hydroxyl groups excluding tert-OH is 2. The number of piperazine rings is 2. The molecule has 0 spiro atoms. The number of nitrogens with zero attached hydrogens (tertiary/aromatic N) is 2. The summed E-state index contributed by atoms with van der Waals surface area (Å²) in [6, 6.07) is 5.03. The number of carboxylic acid groups (broad SMARTS) is 2. The smallest absolute Gasteiger partial charge is 0.335 e. The molecule has 0 saturated carbocycles. The Bertz CT molecular complexity index is 489. The molecule has 2 saturated heterocycles. The van der Waals surface area contributed by atoms with Gasteiger partial charge in [-0.2, -0.15) is 10.5 Å². The van der Waals surface area contributed by atoms with E-state index < -0.39 is 24.1 Å². The molecule has 0 amide bonds. The lowest BCUT2D eigenvalue weighted by molar-refractivity contribution is -0.165. The van der Waals surface area contributed by atoms with Crippen molar-refractivity contribution in [1.29, 1.82) is 10.5 Å². The van der Waals surface area contributed by atoms with Crippen LogP contribution in [0.3, 0.4) is 0 Å². The van der Waals surface area contributed by atoms with Crippen molar-refractivity contribution >= 4 is 11.9 Å². The van der Waals surface area contributed by atoms with Crippen molar-refractivity contribution in [2.45, 2.75) is 37.1 Å². The third-order valence-corrected chi connectivity index (χ3v) is 3.73. The van der Waals surface area contributed by atoms with E-state index >= 15 is 0 Å². The lowest BCUT2D eigenvalue weighted by atomic mass is 10.2. The maximum atomic E-state index is 9.77. The number of aliphatic carboxylic acids is 2. The van der Waals surface area contributed by atoms with E-state index in [4.69, 9.17) is 30.9 Å². The molecule has 4 atom stereocenters. The SMILES string of the molecule is N#CC[C@H]1CNCCN1.N#CC[C@H]1CNCCN1.O=C(O)C(O)C(O)C(=O)O. The van der Waals surface area contributed by atoms with E-state index in [2.05, 4.69) is 33.4 Å². The summed E-state index contributed by atoms with van der Waals surface area (Å²) < 4.78 is 0. The van der Waals surface area contributed by atoms with Crippen LogP contribution in [0, 0.1) is 22.7 Å². The quantitative estimate of drug-likeness (QED) is 0.229. The second-order valence-electron chi connectivity index (χ2n) is 6.00. The fourth-order valence-electron chi connectivity index (χ4n) is 2.21. The predicted molar refractivity (Wildman–Crippen MR) is 97.1 cm³/mol. The van der Waals surface area contributed by atoms with Crippen molar-refractivity contribution in [1.82, 2.24) is 21.3 Å². The lowest BCUT2D eigenvalue weighted by Crippen LogP contribution is -2.47. The summed E-state index contributed by atoms with van der Waals surface area (Å²) in [6.45, 7) is 5.92. The Labute approximate surface area is 163 Å². The summed E-state index contributed by atoms with van der Waals surface area (Å²) in [6.07, 6.45) is -3.30. The zero-order chi connectivity index (χ0) is 21.4. The number of nitrogens with one attached hydrogen (secondary N) is 4. The third kappa shape index (κ3) is 12.1. The van der Waals surface area contributed by atoms with Gasteiger partial charge in [0.2, 0.25) is 0 Å². The van der Waals surface area contributed by atoms with Gasteiger partial charge in [0, 0.05) is 51.4 Å². The van der Waals surface area contributed by atoms with Gasteiger partial charge in [0.05, 0.1) is 25.0 Å². The van der Waals surface area contributed by atoms with Gasteiger partial charge in [0.15, 0.2) is 12.2 Å². The molecule has 2 unspecified atom stereocenters. The van der Waals surface area contributed by atoms with Crippen LogP contribution in [-0.4, -0.2) is 95.9 Å². The minimum absolute atomic E-state index is 0.378. The van der Waals surface area contributed by atoms with E-state index in [1.807, 2.05) is 0 Å². The van der Waals surface area contributed by atoms with Gasteiger partial charge in [-0.25, -0.2) is 9.59 Å². The molecule has 12 heteroatoms. The fourth-order valence-corrected chi connectivity index (χ4v) is 2.21. The molecule has 0 aliphatic carbocycles. The summed E-state index contributed by atoms with van der Waals surface area (Å²) in [5, 5.41) is 62.0. The number of aliphatic hydroxyl groups is 2. The summed E-state index contributed by atoms with van der Waals surface area (Å²) in [5.41, 5.74) is 0. The maximum Gasteiger partial charge on any atom is 0.335 e. The van der Waals surface area contributed by atoms with Crippen LogP contribution in [0.4, 0.5) is 0 Å². The molecule has 2 aliphatic heterocycles. The fraction of sp³-hybridized carbons (Fsp3) is 0.750. The van der Waals surface area contributed by atoms with Crippen molar-refractivity contribution in [3.05, 3.63) is 0 Å². The summed E-state index contributed by atoms with van der Waals surface area (Å²) in [4.78, 5) is 19.5. The van der Waals surface area contributed by atoms with Crippen molar-refractivity contribution in [3.63, 3.8) is 0 Å². The van der Waals surface area contributed by atoms with Gasteiger partial charge in [-0.15, -0.1) is 0 Å².